The minimum Gasteiger partial charge on any atom is -0.256 e. The van der Waals surface area contributed by atoms with Crippen molar-refractivity contribution in [2.75, 3.05) is 5.88 Å². The third-order valence-corrected chi connectivity index (χ3v) is 2.68. The number of rotatable bonds is 1. The summed E-state index contributed by atoms with van der Waals surface area (Å²) in [5.41, 5.74) is 3.39. The van der Waals surface area contributed by atoms with E-state index in [0.717, 1.165) is 22.3 Å². The van der Waals surface area contributed by atoms with Gasteiger partial charge in [-0.25, -0.2) is 0 Å². The first-order chi connectivity index (χ1) is 5.79. The van der Waals surface area contributed by atoms with Crippen LogP contribution in [0.25, 0.3) is 0 Å². The van der Waals surface area contributed by atoms with Crippen molar-refractivity contribution < 1.29 is 0 Å². The maximum Gasteiger partial charge on any atom is 0.0676 e. The second-order valence-corrected chi connectivity index (χ2v) is 3.94. The number of hydrogen-bond donors (Lipinski definition) is 0. The lowest BCUT2D eigenvalue weighted by molar-refractivity contribution is 1.38. The van der Waals surface area contributed by atoms with Crippen molar-refractivity contribution in [3.05, 3.63) is 28.2 Å². The third-order valence-electron chi connectivity index (χ3n) is 1.87. The molecule has 0 unspecified atom stereocenters. The van der Waals surface area contributed by atoms with E-state index >= 15 is 0 Å². The molecule has 0 N–H and O–H groups in total. The van der Waals surface area contributed by atoms with E-state index in [1.807, 2.05) is 12.1 Å². The van der Waals surface area contributed by atoms with E-state index in [4.69, 9.17) is 11.6 Å². The Kier molecular flexibility index (Phi) is 2.20. The van der Waals surface area contributed by atoms with Crippen LogP contribution in [0, 0.1) is 0 Å². The van der Waals surface area contributed by atoms with E-state index in [9.17, 15) is 0 Å². The summed E-state index contributed by atoms with van der Waals surface area (Å²) in [4.78, 5) is 4.39. The van der Waals surface area contributed by atoms with Crippen LogP contribution in [-0.2, 0) is 6.42 Å². The van der Waals surface area contributed by atoms with E-state index < -0.39 is 0 Å². The van der Waals surface area contributed by atoms with Crippen molar-refractivity contribution >= 4 is 38.9 Å². The van der Waals surface area contributed by atoms with E-state index in [1.165, 1.54) is 5.56 Å². The number of nitrogens with zero attached hydrogens (tertiary/aromatic N) is 1. The van der Waals surface area contributed by atoms with Gasteiger partial charge in [0.1, 0.15) is 0 Å². The van der Waals surface area contributed by atoms with Gasteiger partial charge in [0.2, 0.25) is 0 Å². The summed E-state index contributed by atoms with van der Waals surface area (Å²) in [5.74, 6) is 0.534. The van der Waals surface area contributed by atoms with Crippen molar-refractivity contribution in [3.8, 4) is 0 Å². The monoisotopic (exact) mass is 243 g/mol. The maximum atomic E-state index is 5.70. The van der Waals surface area contributed by atoms with Crippen LogP contribution in [0.5, 0.6) is 0 Å². The Morgan fingerprint density at radius 1 is 1.50 bits per heavy atom. The van der Waals surface area contributed by atoms with Gasteiger partial charge in [-0.2, -0.15) is 0 Å². The van der Waals surface area contributed by atoms with Crippen LogP contribution in [0.3, 0.4) is 0 Å². The SMILES string of the molecule is ClCC1=Nc2cc(Br)ccc2C1. The molecule has 2 rings (SSSR count). The average molecular weight is 245 g/mol. The fourth-order valence-corrected chi connectivity index (χ4v) is 1.80. The highest BCUT2D eigenvalue weighted by Crippen LogP contribution is 2.29. The Labute approximate surface area is 84.6 Å². The molecule has 62 valence electrons. The minimum absolute atomic E-state index is 0.534. The van der Waals surface area contributed by atoms with Crippen LogP contribution in [0.15, 0.2) is 27.7 Å². The molecule has 0 aliphatic carbocycles. The zero-order valence-electron chi connectivity index (χ0n) is 6.35. The summed E-state index contributed by atoms with van der Waals surface area (Å²) in [6, 6.07) is 6.14. The Balaban J connectivity index is 2.42. The largest absolute Gasteiger partial charge is 0.256 e. The molecule has 0 aromatic heterocycles. The molecule has 0 amide bonds. The summed E-state index contributed by atoms with van der Waals surface area (Å²) in [7, 11) is 0. The van der Waals surface area contributed by atoms with Crippen LogP contribution in [-0.4, -0.2) is 11.6 Å². The molecule has 0 atom stereocenters. The van der Waals surface area contributed by atoms with Crippen molar-refractivity contribution in [3.63, 3.8) is 0 Å². The van der Waals surface area contributed by atoms with Crippen LogP contribution >= 0.6 is 27.5 Å². The molecule has 0 radical (unpaired) electrons. The first-order valence-corrected chi connectivity index (χ1v) is 5.03. The molecule has 0 fully saturated rings. The summed E-state index contributed by atoms with van der Waals surface area (Å²) in [6.07, 6.45) is 0.909. The molecule has 1 aromatic rings. The standard InChI is InChI=1S/C9H7BrClN/c10-7-2-1-6-3-8(5-11)12-9(6)4-7/h1-2,4H,3,5H2. The van der Waals surface area contributed by atoms with Gasteiger partial charge < -0.3 is 0 Å². The molecule has 1 aliphatic rings. The number of hydrogen-bond acceptors (Lipinski definition) is 1. The topological polar surface area (TPSA) is 12.4 Å². The van der Waals surface area contributed by atoms with Gasteiger partial charge >= 0.3 is 0 Å². The van der Waals surface area contributed by atoms with Crippen molar-refractivity contribution in [2.24, 2.45) is 4.99 Å². The second kappa shape index (κ2) is 3.19. The first-order valence-electron chi connectivity index (χ1n) is 3.70. The van der Waals surface area contributed by atoms with Gasteiger partial charge in [0.25, 0.3) is 0 Å². The Morgan fingerprint density at radius 3 is 3.08 bits per heavy atom. The molecule has 1 heterocycles. The number of halogens is 2. The van der Waals surface area contributed by atoms with Gasteiger partial charge in [-0.05, 0) is 17.7 Å². The van der Waals surface area contributed by atoms with Crippen molar-refractivity contribution in [2.45, 2.75) is 6.42 Å². The van der Waals surface area contributed by atoms with Gasteiger partial charge in [-0.3, -0.25) is 4.99 Å². The highest BCUT2D eigenvalue weighted by Gasteiger charge is 2.12. The fourth-order valence-electron chi connectivity index (χ4n) is 1.30. The Bertz CT molecular complexity index is 346. The smallest absolute Gasteiger partial charge is 0.0676 e. The normalized spacial score (nSPS) is 14.3. The lowest BCUT2D eigenvalue weighted by Crippen LogP contribution is -1.97. The van der Waals surface area contributed by atoms with E-state index in [0.29, 0.717) is 5.88 Å². The second-order valence-electron chi connectivity index (χ2n) is 2.76. The quantitative estimate of drug-likeness (QED) is 0.672. The maximum absolute atomic E-state index is 5.70. The number of fused-ring (bicyclic) bond motifs is 1. The van der Waals surface area contributed by atoms with E-state index in [-0.39, 0.29) is 0 Å². The predicted octanol–water partition coefficient (Wildman–Crippen LogP) is 3.32. The highest BCUT2D eigenvalue weighted by molar-refractivity contribution is 9.10. The molecular formula is C9H7BrClN. The minimum atomic E-state index is 0.534. The van der Waals surface area contributed by atoms with Crippen molar-refractivity contribution in [1.82, 2.24) is 0 Å². The van der Waals surface area contributed by atoms with Gasteiger partial charge in [0.05, 0.1) is 11.6 Å². The molecule has 3 heteroatoms. The van der Waals surface area contributed by atoms with Crippen LogP contribution in [0.2, 0.25) is 0 Å². The van der Waals surface area contributed by atoms with Gasteiger partial charge in [0, 0.05) is 16.6 Å². The average Bonchev–Trinajstić information content (AvgIpc) is 2.46. The van der Waals surface area contributed by atoms with Gasteiger partial charge in [-0.1, -0.05) is 22.0 Å². The number of benzene rings is 1. The molecule has 0 saturated carbocycles. The molecule has 0 bridgehead atoms. The molecule has 1 nitrogen and oxygen atoms in total. The van der Waals surface area contributed by atoms with Gasteiger partial charge in [-0.15, -0.1) is 11.6 Å². The Morgan fingerprint density at radius 2 is 2.33 bits per heavy atom. The van der Waals surface area contributed by atoms with E-state index in [2.05, 4.69) is 27.0 Å². The van der Waals surface area contributed by atoms with Crippen LogP contribution in [0.4, 0.5) is 5.69 Å². The molecule has 0 spiro atoms. The first kappa shape index (κ1) is 8.27. The molecule has 12 heavy (non-hydrogen) atoms. The summed E-state index contributed by atoms with van der Waals surface area (Å²) in [6.45, 7) is 0. The zero-order valence-corrected chi connectivity index (χ0v) is 8.69. The fraction of sp³-hybridized carbons (Fsp3) is 0.222. The lowest BCUT2D eigenvalue weighted by atomic mass is 10.1. The third kappa shape index (κ3) is 1.41. The predicted molar refractivity (Wildman–Crippen MR) is 55.7 cm³/mol. The Hall–Kier alpha value is -0.340. The molecule has 1 aromatic carbocycles. The van der Waals surface area contributed by atoms with Crippen molar-refractivity contribution in [1.29, 1.82) is 0 Å². The van der Waals surface area contributed by atoms with E-state index in [1.54, 1.807) is 0 Å². The van der Waals surface area contributed by atoms with Gasteiger partial charge in [0.15, 0.2) is 0 Å². The summed E-state index contributed by atoms with van der Waals surface area (Å²) in [5, 5.41) is 0. The zero-order chi connectivity index (χ0) is 8.55. The molecule has 1 aliphatic heterocycles. The number of alkyl halides is 1. The molecular weight excluding hydrogens is 237 g/mol. The summed E-state index contributed by atoms with van der Waals surface area (Å²) >= 11 is 9.10. The summed E-state index contributed by atoms with van der Waals surface area (Å²) < 4.78 is 1.07. The highest BCUT2D eigenvalue weighted by atomic mass is 79.9. The van der Waals surface area contributed by atoms with Crippen LogP contribution in [0.1, 0.15) is 5.56 Å². The number of aliphatic imine (C=N–C) groups is 1. The lowest BCUT2D eigenvalue weighted by Gasteiger charge is -1.95. The molecule has 0 saturated heterocycles. The van der Waals surface area contributed by atoms with Crippen LogP contribution < -0.4 is 0 Å².